The maximum atomic E-state index is 12.7. The molecule has 0 bridgehead atoms. The van der Waals surface area contributed by atoms with Crippen molar-refractivity contribution in [1.29, 1.82) is 0 Å². The Kier molecular flexibility index (Phi) is 8.70. The molecule has 1 aliphatic heterocycles. The molecule has 0 saturated heterocycles. The summed E-state index contributed by atoms with van der Waals surface area (Å²) in [7, 11) is 0. The van der Waals surface area contributed by atoms with Crippen LogP contribution in [0.4, 0.5) is 0 Å². The molecule has 0 radical (unpaired) electrons. The van der Waals surface area contributed by atoms with E-state index in [1.807, 2.05) is 41.5 Å². The van der Waals surface area contributed by atoms with E-state index in [0.717, 1.165) is 0 Å². The summed E-state index contributed by atoms with van der Waals surface area (Å²) in [5.74, 6) is -0.804. The Hall–Kier alpha value is -1.65. The summed E-state index contributed by atoms with van der Waals surface area (Å²) in [5.41, 5.74) is 0.666. The summed E-state index contributed by atoms with van der Waals surface area (Å²) in [6, 6.07) is 0. The zero-order valence-electron chi connectivity index (χ0n) is 18.1. The predicted octanol–water partition coefficient (Wildman–Crippen LogP) is 4.48. The van der Waals surface area contributed by atoms with Crippen molar-refractivity contribution in [3.05, 3.63) is 11.3 Å². The second kappa shape index (κ2) is 10.0. The van der Waals surface area contributed by atoms with E-state index in [2.05, 4.69) is 0 Å². The van der Waals surface area contributed by atoms with Crippen molar-refractivity contribution < 1.29 is 23.9 Å². The van der Waals surface area contributed by atoms with Crippen LogP contribution < -0.4 is 0 Å². The number of rotatable bonds is 9. The third-order valence-electron chi connectivity index (χ3n) is 5.95. The minimum absolute atomic E-state index is 0.0426. The molecule has 6 unspecified atom stereocenters. The molecule has 0 amide bonds. The third kappa shape index (κ3) is 5.20. The smallest absolute Gasteiger partial charge is 0.308 e. The first-order valence-electron chi connectivity index (χ1n) is 10.2. The van der Waals surface area contributed by atoms with Gasteiger partial charge in [0.2, 0.25) is 0 Å². The highest BCUT2D eigenvalue weighted by molar-refractivity contribution is 5.98. The number of hydrogen-bond acceptors (Lipinski definition) is 5. The van der Waals surface area contributed by atoms with Crippen molar-refractivity contribution in [2.24, 2.45) is 23.7 Å². The van der Waals surface area contributed by atoms with Gasteiger partial charge in [-0.15, -0.1) is 0 Å². The molecular formula is C22H36O5. The van der Waals surface area contributed by atoms with Crippen LogP contribution in [0.1, 0.15) is 74.7 Å². The number of esters is 1. The number of ketones is 2. The van der Waals surface area contributed by atoms with Crippen LogP contribution in [0.15, 0.2) is 11.3 Å². The average molecular weight is 381 g/mol. The van der Waals surface area contributed by atoms with Crippen molar-refractivity contribution >= 4 is 17.5 Å². The molecule has 0 aromatic carbocycles. The normalized spacial score (nSPS) is 24.7. The zero-order valence-corrected chi connectivity index (χ0v) is 18.1. The molecule has 5 nitrogen and oxygen atoms in total. The van der Waals surface area contributed by atoms with Gasteiger partial charge in [-0.25, -0.2) is 0 Å². The van der Waals surface area contributed by atoms with E-state index >= 15 is 0 Å². The molecule has 1 heterocycles. The Morgan fingerprint density at radius 2 is 1.74 bits per heavy atom. The lowest BCUT2D eigenvalue weighted by molar-refractivity contribution is -0.166. The monoisotopic (exact) mass is 380 g/mol. The van der Waals surface area contributed by atoms with Crippen LogP contribution in [-0.4, -0.2) is 29.7 Å². The van der Waals surface area contributed by atoms with E-state index in [1.165, 1.54) is 0 Å². The quantitative estimate of drug-likeness (QED) is 0.552. The molecule has 0 aliphatic carbocycles. The molecule has 0 aromatic heterocycles. The fourth-order valence-electron chi connectivity index (χ4n) is 3.67. The molecule has 154 valence electrons. The second-order valence-corrected chi connectivity index (χ2v) is 7.82. The van der Waals surface area contributed by atoms with Gasteiger partial charge in [0.1, 0.15) is 23.8 Å². The molecule has 1 aliphatic rings. The molecule has 0 fully saturated rings. The van der Waals surface area contributed by atoms with Gasteiger partial charge in [-0.2, -0.15) is 0 Å². The molecule has 27 heavy (non-hydrogen) atoms. The van der Waals surface area contributed by atoms with Crippen LogP contribution in [0, 0.1) is 23.7 Å². The molecule has 1 rings (SSSR count). The topological polar surface area (TPSA) is 69.7 Å². The molecule has 6 atom stereocenters. The van der Waals surface area contributed by atoms with Crippen LogP contribution in [0.25, 0.3) is 0 Å². The van der Waals surface area contributed by atoms with Gasteiger partial charge in [-0.05, 0) is 13.3 Å². The molecule has 5 heteroatoms. The van der Waals surface area contributed by atoms with Gasteiger partial charge in [0.15, 0.2) is 5.78 Å². The maximum absolute atomic E-state index is 12.7. The third-order valence-corrected chi connectivity index (χ3v) is 5.95. The number of carbonyl (C=O) groups is 3. The van der Waals surface area contributed by atoms with E-state index < -0.39 is 18.1 Å². The van der Waals surface area contributed by atoms with Gasteiger partial charge in [0.05, 0.1) is 17.8 Å². The Bertz CT molecular complexity index is 592. The minimum Gasteiger partial charge on any atom is -0.493 e. The summed E-state index contributed by atoms with van der Waals surface area (Å²) in [6.45, 7) is 14.9. The van der Waals surface area contributed by atoms with E-state index in [9.17, 15) is 14.4 Å². The van der Waals surface area contributed by atoms with Crippen molar-refractivity contribution in [2.45, 2.75) is 86.9 Å². The van der Waals surface area contributed by atoms with Crippen LogP contribution in [-0.2, 0) is 23.9 Å². The van der Waals surface area contributed by atoms with Crippen LogP contribution in [0.5, 0.6) is 0 Å². The fourth-order valence-corrected chi connectivity index (χ4v) is 3.67. The largest absolute Gasteiger partial charge is 0.493 e. The van der Waals surface area contributed by atoms with Gasteiger partial charge in [0, 0.05) is 24.3 Å². The first kappa shape index (κ1) is 23.4. The summed E-state index contributed by atoms with van der Waals surface area (Å²) >= 11 is 0. The standard InChI is InChI=1S/C22H36O5/c1-9-12(4)22(25)27-20(13(5)17(23)10-2)16(8)21-15(7)19(24)14(6)18(11-3)26-21/h12-13,15-16,20-21H,9-11H2,1-8H3. The van der Waals surface area contributed by atoms with E-state index in [-0.39, 0.29) is 35.3 Å². The molecule has 0 N–H and O–H groups in total. The summed E-state index contributed by atoms with van der Waals surface area (Å²) in [4.78, 5) is 37.5. The summed E-state index contributed by atoms with van der Waals surface area (Å²) < 4.78 is 12.0. The Balaban J connectivity index is 3.18. The van der Waals surface area contributed by atoms with Crippen molar-refractivity contribution in [3.8, 4) is 0 Å². The Labute approximate surface area is 163 Å². The lowest BCUT2D eigenvalue weighted by Crippen LogP contribution is -2.47. The Morgan fingerprint density at radius 3 is 2.22 bits per heavy atom. The first-order chi connectivity index (χ1) is 12.6. The van der Waals surface area contributed by atoms with E-state index in [1.54, 1.807) is 13.8 Å². The van der Waals surface area contributed by atoms with Gasteiger partial charge in [-0.3, -0.25) is 14.4 Å². The highest BCUT2D eigenvalue weighted by Crippen LogP contribution is 2.35. The van der Waals surface area contributed by atoms with Crippen LogP contribution in [0.3, 0.4) is 0 Å². The number of allylic oxidation sites excluding steroid dienone is 2. The number of ether oxygens (including phenoxy) is 2. The van der Waals surface area contributed by atoms with E-state index in [4.69, 9.17) is 9.47 Å². The zero-order chi connectivity index (χ0) is 20.9. The molecule has 0 saturated carbocycles. The van der Waals surface area contributed by atoms with Crippen molar-refractivity contribution in [1.82, 2.24) is 0 Å². The lowest BCUT2D eigenvalue weighted by Gasteiger charge is -2.39. The van der Waals surface area contributed by atoms with Gasteiger partial charge < -0.3 is 9.47 Å². The van der Waals surface area contributed by atoms with Crippen molar-refractivity contribution in [2.75, 3.05) is 0 Å². The summed E-state index contributed by atoms with van der Waals surface area (Å²) in [6.07, 6.45) is 0.652. The second-order valence-electron chi connectivity index (χ2n) is 7.82. The maximum Gasteiger partial charge on any atom is 0.308 e. The molecule has 0 aromatic rings. The number of Topliss-reactive ketones (excluding diaryl/α,β-unsaturated/α-hetero) is 2. The fraction of sp³-hybridized carbons (Fsp3) is 0.773. The highest BCUT2D eigenvalue weighted by atomic mass is 16.5. The predicted molar refractivity (Wildman–Crippen MR) is 105 cm³/mol. The minimum atomic E-state index is -0.615. The van der Waals surface area contributed by atoms with Crippen LogP contribution >= 0.6 is 0 Å². The SMILES string of the molecule is CCC(=O)C(C)C(OC(=O)C(C)CC)C(C)C1OC(CC)=C(C)C(=O)C1C. The average Bonchev–Trinajstić information content (AvgIpc) is 2.67. The summed E-state index contributed by atoms with van der Waals surface area (Å²) in [5, 5.41) is 0. The number of hydrogen-bond donors (Lipinski definition) is 0. The van der Waals surface area contributed by atoms with Crippen LogP contribution in [0.2, 0.25) is 0 Å². The molecular weight excluding hydrogens is 344 g/mol. The first-order valence-corrected chi connectivity index (χ1v) is 10.2. The van der Waals surface area contributed by atoms with Gasteiger partial charge in [-0.1, -0.05) is 48.5 Å². The highest BCUT2D eigenvalue weighted by Gasteiger charge is 2.43. The van der Waals surface area contributed by atoms with Crippen molar-refractivity contribution in [3.63, 3.8) is 0 Å². The molecule has 0 spiro atoms. The van der Waals surface area contributed by atoms with Gasteiger partial charge >= 0.3 is 5.97 Å². The van der Waals surface area contributed by atoms with Gasteiger partial charge in [0.25, 0.3) is 0 Å². The lowest BCUT2D eigenvalue weighted by atomic mass is 9.78. The number of carbonyl (C=O) groups excluding carboxylic acids is 3. The Morgan fingerprint density at radius 1 is 1.15 bits per heavy atom. The van der Waals surface area contributed by atoms with E-state index in [0.29, 0.717) is 30.6 Å².